The molecule has 1 heterocycles. The van der Waals surface area contributed by atoms with Gasteiger partial charge in [0.05, 0.1) is 0 Å². The van der Waals surface area contributed by atoms with Crippen molar-refractivity contribution in [2.45, 2.75) is 19.6 Å². The maximum atomic E-state index is 12.2. The van der Waals surface area contributed by atoms with Crippen LogP contribution in [-0.4, -0.2) is 24.7 Å². The van der Waals surface area contributed by atoms with Crippen molar-refractivity contribution in [3.63, 3.8) is 0 Å². The Hall–Kier alpha value is -0.810. The van der Waals surface area contributed by atoms with E-state index < -0.39 is 6.61 Å². The van der Waals surface area contributed by atoms with Crippen molar-refractivity contribution in [1.29, 1.82) is 0 Å². The Bertz CT molecular complexity index is 389. The summed E-state index contributed by atoms with van der Waals surface area (Å²) in [6.45, 7) is 0.396. The van der Waals surface area contributed by atoms with E-state index in [9.17, 15) is 8.78 Å². The lowest BCUT2D eigenvalue weighted by Gasteiger charge is -2.17. The molecule has 0 aliphatic carbocycles. The maximum absolute atomic E-state index is 12.2. The van der Waals surface area contributed by atoms with Gasteiger partial charge in [0.2, 0.25) is 0 Å². The Morgan fingerprint density at radius 3 is 3.00 bits per heavy atom. The number of benzene rings is 1. The van der Waals surface area contributed by atoms with Crippen LogP contribution in [0.1, 0.15) is 18.5 Å². The van der Waals surface area contributed by atoms with E-state index in [1.165, 1.54) is 0 Å². The minimum atomic E-state index is -2.77. The second kappa shape index (κ2) is 6.38. The summed E-state index contributed by atoms with van der Waals surface area (Å²) in [6, 6.07) is 7.17. The van der Waals surface area contributed by atoms with E-state index in [0.29, 0.717) is 5.92 Å². The molecule has 1 aliphatic heterocycles. The largest absolute Gasteiger partial charge is 0.435 e. The zero-order valence-electron chi connectivity index (χ0n) is 10.2. The molecule has 0 spiro atoms. The molecule has 0 saturated carbocycles. The van der Waals surface area contributed by atoms with Crippen molar-refractivity contribution in [3.05, 3.63) is 29.8 Å². The predicted octanol–water partition coefficient (Wildman–Crippen LogP) is 3.30. The van der Waals surface area contributed by atoms with Crippen LogP contribution in [0.25, 0.3) is 0 Å². The SMILES string of the molecule is CC1CNC(c2cccc(OC(F)F)c2)CSC1. The minimum absolute atomic E-state index is 0.209. The van der Waals surface area contributed by atoms with Gasteiger partial charge in [-0.3, -0.25) is 0 Å². The smallest absolute Gasteiger partial charge is 0.387 e. The fourth-order valence-electron chi connectivity index (χ4n) is 1.97. The summed E-state index contributed by atoms with van der Waals surface area (Å²) in [5, 5.41) is 3.46. The summed E-state index contributed by atoms with van der Waals surface area (Å²) in [5.41, 5.74) is 1.01. The molecule has 0 radical (unpaired) electrons. The number of hydrogen-bond acceptors (Lipinski definition) is 3. The van der Waals surface area contributed by atoms with E-state index in [4.69, 9.17) is 0 Å². The van der Waals surface area contributed by atoms with Gasteiger partial charge in [-0.15, -0.1) is 0 Å². The van der Waals surface area contributed by atoms with Crippen molar-refractivity contribution in [3.8, 4) is 5.75 Å². The number of rotatable bonds is 3. The van der Waals surface area contributed by atoms with Crippen LogP contribution in [0, 0.1) is 5.92 Å². The monoisotopic (exact) mass is 273 g/mol. The quantitative estimate of drug-likeness (QED) is 0.913. The van der Waals surface area contributed by atoms with Gasteiger partial charge >= 0.3 is 6.61 Å². The van der Waals surface area contributed by atoms with E-state index in [1.807, 2.05) is 17.8 Å². The Labute approximate surface area is 110 Å². The van der Waals surface area contributed by atoms with Crippen LogP contribution in [0.5, 0.6) is 5.75 Å². The first-order valence-electron chi connectivity index (χ1n) is 6.01. The molecule has 18 heavy (non-hydrogen) atoms. The molecular formula is C13H17F2NOS. The van der Waals surface area contributed by atoms with E-state index >= 15 is 0 Å². The van der Waals surface area contributed by atoms with Crippen molar-refractivity contribution in [2.75, 3.05) is 18.1 Å². The van der Waals surface area contributed by atoms with Crippen LogP contribution in [0.4, 0.5) is 8.78 Å². The molecule has 0 bridgehead atoms. The standard InChI is InChI=1S/C13H17F2NOS/c1-9-6-16-12(8-18-7-9)10-3-2-4-11(5-10)17-13(14)15/h2-5,9,12-13,16H,6-8H2,1H3. The number of nitrogens with one attached hydrogen (secondary N) is 1. The Morgan fingerprint density at radius 1 is 1.39 bits per heavy atom. The van der Waals surface area contributed by atoms with Gasteiger partial charge in [0, 0.05) is 11.8 Å². The molecule has 1 aliphatic rings. The fraction of sp³-hybridized carbons (Fsp3) is 0.538. The third kappa shape index (κ3) is 3.85. The highest BCUT2D eigenvalue weighted by Gasteiger charge is 2.18. The van der Waals surface area contributed by atoms with Crippen LogP contribution in [0.3, 0.4) is 0 Å². The van der Waals surface area contributed by atoms with E-state index in [-0.39, 0.29) is 11.8 Å². The molecule has 2 nitrogen and oxygen atoms in total. The van der Waals surface area contributed by atoms with Gasteiger partial charge in [-0.2, -0.15) is 20.5 Å². The summed E-state index contributed by atoms with van der Waals surface area (Å²) >= 11 is 1.90. The molecule has 1 aromatic rings. The van der Waals surface area contributed by atoms with Gasteiger partial charge in [0.25, 0.3) is 0 Å². The molecule has 2 atom stereocenters. The lowest BCUT2D eigenvalue weighted by molar-refractivity contribution is -0.0499. The highest BCUT2D eigenvalue weighted by molar-refractivity contribution is 7.99. The van der Waals surface area contributed by atoms with Crippen LogP contribution in [-0.2, 0) is 0 Å². The van der Waals surface area contributed by atoms with Crippen molar-refractivity contribution in [1.82, 2.24) is 5.32 Å². The summed E-state index contributed by atoms with van der Waals surface area (Å²) in [4.78, 5) is 0. The van der Waals surface area contributed by atoms with Gasteiger partial charge < -0.3 is 10.1 Å². The summed E-state index contributed by atoms with van der Waals surface area (Å²) < 4.78 is 28.8. The number of alkyl halides is 2. The number of thioether (sulfide) groups is 1. The molecule has 2 rings (SSSR count). The van der Waals surface area contributed by atoms with Crippen LogP contribution < -0.4 is 10.1 Å². The van der Waals surface area contributed by atoms with Crippen molar-refractivity contribution >= 4 is 11.8 Å². The minimum Gasteiger partial charge on any atom is -0.435 e. The van der Waals surface area contributed by atoms with Gasteiger partial charge in [-0.1, -0.05) is 19.1 Å². The lowest BCUT2D eigenvalue weighted by atomic mass is 10.1. The third-order valence-electron chi connectivity index (χ3n) is 2.89. The fourth-order valence-corrected chi connectivity index (χ4v) is 3.17. The van der Waals surface area contributed by atoms with Gasteiger partial charge in [-0.05, 0) is 35.9 Å². The van der Waals surface area contributed by atoms with E-state index in [0.717, 1.165) is 23.6 Å². The first kappa shape index (κ1) is 13.6. The highest BCUT2D eigenvalue weighted by atomic mass is 32.2. The number of halogens is 2. The highest BCUT2D eigenvalue weighted by Crippen LogP contribution is 2.26. The molecule has 5 heteroatoms. The predicted molar refractivity (Wildman–Crippen MR) is 70.3 cm³/mol. The zero-order valence-corrected chi connectivity index (χ0v) is 11.1. The maximum Gasteiger partial charge on any atom is 0.387 e. The average molecular weight is 273 g/mol. The first-order valence-corrected chi connectivity index (χ1v) is 7.16. The van der Waals surface area contributed by atoms with Crippen molar-refractivity contribution < 1.29 is 13.5 Å². The zero-order chi connectivity index (χ0) is 13.0. The second-order valence-corrected chi connectivity index (χ2v) is 5.63. The molecule has 1 aromatic carbocycles. The average Bonchev–Trinajstić information content (AvgIpc) is 2.53. The second-order valence-electron chi connectivity index (χ2n) is 4.55. The Balaban J connectivity index is 2.07. The van der Waals surface area contributed by atoms with E-state index in [1.54, 1.807) is 18.2 Å². The van der Waals surface area contributed by atoms with Crippen LogP contribution >= 0.6 is 11.8 Å². The molecule has 1 fully saturated rings. The Kier molecular flexibility index (Phi) is 4.83. The van der Waals surface area contributed by atoms with Crippen LogP contribution in [0.2, 0.25) is 0 Å². The summed E-state index contributed by atoms with van der Waals surface area (Å²) in [5.74, 6) is 2.96. The van der Waals surface area contributed by atoms with Gasteiger partial charge in [0.1, 0.15) is 5.75 Å². The summed E-state index contributed by atoms with van der Waals surface area (Å²) in [6.07, 6.45) is 0. The van der Waals surface area contributed by atoms with Crippen LogP contribution in [0.15, 0.2) is 24.3 Å². The normalized spacial score (nSPS) is 24.9. The molecular weight excluding hydrogens is 256 g/mol. The molecule has 0 aromatic heterocycles. The van der Waals surface area contributed by atoms with Gasteiger partial charge in [0.15, 0.2) is 0 Å². The third-order valence-corrected chi connectivity index (χ3v) is 4.26. The molecule has 1 saturated heterocycles. The molecule has 100 valence electrons. The Morgan fingerprint density at radius 2 is 2.22 bits per heavy atom. The number of hydrogen-bond donors (Lipinski definition) is 1. The van der Waals surface area contributed by atoms with Gasteiger partial charge in [-0.25, -0.2) is 0 Å². The number of ether oxygens (including phenoxy) is 1. The first-order chi connectivity index (χ1) is 8.65. The topological polar surface area (TPSA) is 21.3 Å². The molecule has 2 unspecified atom stereocenters. The molecule has 0 amide bonds. The summed E-state index contributed by atoms with van der Waals surface area (Å²) in [7, 11) is 0. The van der Waals surface area contributed by atoms with Crippen molar-refractivity contribution in [2.24, 2.45) is 5.92 Å². The van der Waals surface area contributed by atoms with E-state index in [2.05, 4.69) is 17.0 Å². The molecule has 1 N–H and O–H groups in total. The lowest BCUT2D eigenvalue weighted by Crippen LogP contribution is -2.25.